The number of hydrogen-bond acceptors (Lipinski definition) is 4. The van der Waals surface area contributed by atoms with E-state index in [9.17, 15) is 9.59 Å². The third-order valence-electron chi connectivity index (χ3n) is 3.48. The molecule has 0 saturated carbocycles. The van der Waals surface area contributed by atoms with Gasteiger partial charge in [-0.3, -0.25) is 14.5 Å². The van der Waals surface area contributed by atoms with Crippen LogP contribution in [0.1, 0.15) is 11.3 Å². The number of halogens is 1. The van der Waals surface area contributed by atoms with Crippen molar-refractivity contribution in [2.75, 3.05) is 6.54 Å². The van der Waals surface area contributed by atoms with Crippen molar-refractivity contribution >= 4 is 44.9 Å². The van der Waals surface area contributed by atoms with Gasteiger partial charge in [-0.1, -0.05) is 28.1 Å². The summed E-state index contributed by atoms with van der Waals surface area (Å²) in [4.78, 5) is 25.5. The fourth-order valence-electron chi connectivity index (χ4n) is 2.31. The first-order chi connectivity index (χ1) is 11.5. The van der Waals surface area contributed by atoms with Crippen LogP contribution in [0.25, 0.3) is 17.4 Å². The smallest absolute Gasteiger partial charge is 0.293 e. The summed E-state index contributed by atoms with van der Waals surface area (Å²) in [6, 6.07) is 9.61. The maximum atomic E-state index is 12.2. The van der Waals surface area contributed by atoms with Gasteiger partial charge in [0.25, 0.3) is 11.1 Å². The van der Waals surface area contributed by atoms with Gasteiger partial charge in [0, 0.05) is 22.7 Å². The molecular weight excluding hydrogens is 390 g/mol. The lowest BCUT2D eigenvalue weighted by atomic mass is 10.1. The third-order valence-corrected chi connectivity index (χ3v) is 5.04. The summed E-state index contributed by atoms with van der Waals surface area (Å²) in [6.07, 6.45) is 3.12. The number of imide groups is 1. The maximum absolute atomic E-state index is 12.2. The summed E-state index contributed by atoms with van der Waals surface area (Å²) in [7, 11) is 0. The fourth-order valence-corrected chi connectivity index (χ4v) is 3.83. The summed E-state index contributed by atoms with van der Waals surface area (Å²) in [6.45, 7) is 5.78. The van der Waals surface area contributed by atoms with E-state index in [4.69, 9.17) is 4.42 Å². The molecule has 0 spiro atoms. The largest absolute Gasteiger partial charge is 0.457 e. The molecule has 0 aliphatic carbocycles. The summed E-state index contributed by atoms with van der Waals surface area (Å²) >= 11 is 4.44. The van der Waals surface area contributed by atoms with E-state index in [2.05, 4.69) is 22.5 Å². The minimum atomic E-state index is -0.320. The molecule has 122 valence electrons. The second kappa shape index (κ2) is 6.83. The summed E-state index contributed by atoms with van der Waals surface area (Å²) < 4.78 is 6.75. The second-order valence-corrected chi connectivity index (χ2v) is 7.11. The average molecular weight is 404 g/mol. The van der Waals surface area contributed by atoms with Crippen LogP contribution in [0.4, 0.5) is 4.79 Å². The van der Waals surface area contributed by atoms with Gasteiger partial charge in [-0.25, -0.2) is 0 Å². The first kappa shape index (κ1) is 16.8. The molecule has 1 saturated heterocycles. The minimum Gasteiger partial charge on any atom is -0.457 e. The van der Waals surface area contributed by atoms with Crippen LogP contribution in [0, 0.1) is 6.92 Å². The van der Waals surface area contributed by atoms with Crippen molar-refractivity contribution in [1.29, 1.82) is 0 Å². The normalized spacial score (nSPS) is 16.2. The Bertz CT molecular complexity index is 869. The highest BCUT2D eigenvalue weighted by atomic mass is 79.9. The fraction of sp³-hybridized carbons (Fsp3) is 0.111. The van der Waals surface area contributed by atoms with Crippen molar-refractivity contribution in [3.05, 3.63) is 63.7 Å². The number of rotatable bonds is 4. The van der Waals surface area contributed by atoms with Crippen molar-refractivity contribution in [3.63, 3.8) is 0 Å². The van der Waals surface area contributed by atoms with Crippen LogP contribution in [-0.2, 0) is 4.79 Å². The van der Waals surface area contributed by atoms with Crippen LogP contribution in [0.2, 0.25) is 0 Å². The highest BCUT2D eigenvalue weighted by Crippen LogP contribution is 2.34. The maximum Gasteiger partial charge on any atom is 0.293 e. The molecule has 2 aromatic rings. The van der Waals surface area contributed by atoms with Crippen LogP contribution in [-0.4, -0.2) is 22.6 Å². The first-order valence-corrected chi connectivity index (χ1v) is 8.83. The zero-order valence-electron chi connectivity index (χ0n) is 12.9. The van der Waals surface area contributed by atoms with Gasteiger partial charge in [0.1, 0.15) is 11.5 Å². The number of thioether (sulfide) groups is 1. The zero-order chi connectivity index (χ0) is 17.3. The topological polar surface area (TPSA) is 50.5 Å². The van der Waals surface area contributed by atoms with E-state index in [0.29, 0.717) is 16.4 Å². The van der Waals surface area contributed by atoms with E-state index in [1.807, 2.05) is 31.2 Å². The monoisotopic (exact) mass is 403 g/mol. The Balaban J connectivity index is 1.88. The molecule has 2 heterocycles. The van der Waals surface area contributed by atoms with Crippen molar-refractivity contribution in [2.24, 2.45) is 0 Å². The average Bonchev–Trinajstić information content (AvgIpc) is 3.08. The molecule has 6 heteroatoms. The standard InChI is InChI=1S/C18H14BrNO3S/c1-3-8-20-17(21)16(24-18(20)22)10-12-5-7-15(23-12)13-6-4-11(2)9-14(13)19/h3-7,9-10H,1,8H2,2H3/b16-10+. The van der Waals surface area contributed by atoms with Gasteiger partial charge in [0.05, 0.1) is 4.91 Å². The third kappa shape index (κ3) is 3.25. The van der Waals surface area contributed by atoms with Gasteiger partial charge in [0.15, 0.2) is 0 Å². The van der Waals surface area contributed by atoms with Gasteiger partial charge >= 0.3 is 0 Å². The molecule has 1 aliphatic heterocycles. The number of hydrogen-bond donors (Lipinski definition) is 0. The Morgan fingerprint density at radius 2 is 2.08 bits per heavy atom. The predicted octanol–water partition coefficient (Wildman–Crippen LogP) is 5.24. The van der Waals surface area contributed by atoms with Crippen LogP contribution in [0.3, 0.4) is 0 Å². The summed E-state index contributed by atoms with van der Waals surface area (Å²) in [5, 5.41) is -0.292. The second-order valence-electron chi connectivity index (χ2n) is 5.27. The number of carbonyl (C=O) groups is 2. The first-order valence-electron chi connectivity index (χ1n) is 7.22. The van der Waals surface area contributed by atoms with Crippen LogP contribution in [0.5, 0.6) is 0 Å². The molecule has 0 atom stereocenters. The highest BCUT2D eigenvalue weighted by Gasteiger charge is 2.34. The molecule has 1 aromatic heterocycles. The molecule has 1 aromatic carbocycles. The molecular formula is C18H14BrNO3S. The number of carbonyl (C=O) groups excluding carboxylic acids is 2. The van der Waals surface area contributed by atoms with E-state index in [0.717, 1.165) is 32.3 Å². The Kier molecular flexibility index (Phi) is 4.78. The quantitative estimate of drug-likeness (QED) is 0.517. The van der Waals surface area contributed by atoms with Crippen LogP contribution in [0.15, 0.2) is 56.8 Å². The summed E-state index contributed by atoms with van der Waals surface area (Å²) in [5.41, 5.74) is 2.08. The molecule has 0 radical (unpaired) electrons. The van der Waals surface area contributed by atoms with Gasteiger partial charge in [0.2, 0.25) is 0 Å². The van der Waals surface area contributed by atoms with Gasteiger partial charge in [-0.05, 0) is 48.5 Å². The molecule has 2 amide bonds. The molecule has 1 fully saturated rings. The van der Waals surface area contributed by atoms with Gasteiger partial charge in [-0.2, -0.15) is 0 Å². The van der Waals surface area contributed by atoms with Crippen molar-refractivity contribution in [1.82, 2.24) is 4.90 Å². The van der Waals surface area contributed by atoms with Crippen molar-refractivity contribution in [2.45, 2.75) is 6.92 Å². The Morgan fingerprint density at radius 1 is 1.29 bits per heavy atom. The van der Waals surface area contributed by atoms with Crippen molar-refractivity contribution < 1.29 is 14.0 Å². The lowest BCUT2D eigenvalue weighted by molar-refractivity contribution is -0.122. The van der Waals surface area contributed by atoms with Crippen molar-refractivity contribution in [3.8, 4) is 11.3 Å². The molecule has 0 N–H and O–H groups in total. The predicted molar refractivity (Wildman–Crippen MR) is 99.5 cm³/mol. The van der Waals surface area contributed by atoms with Crippen LogP contribution >= 0.6 is 27.7 Å². The lowest BCUT2D eigenvalue weighted by Gasteiger charge is -2.07. The number of amides is 2. The van der Waals surface area contributed by atoms with Gasteiger partial charge in [-0.15, -0.1) is 6.58 Å². The van der Waals surface area contributed by atoms with E-state index >= 15 is 0 Å². The van der Waals surface area contributed by atoms with E-state index in [1.54, 1.807) is 12.1 Å². The van der Waals surface area contributed by atoms with E-state index in [-0.39, 0.29) is 17.7 Å². The Labute approximate surface area is 152 Å². The number of furan rings is 1. The van der Waals surface area contributed by atoms with Gasteiger partial charge < -0.3 is 4.42 Å². The molecule has 0 unspecified atom stereocenters. The summed E-state index contributed by atoms with van der Waals surface area (Å²) in [5.74, 6) is 0.902. The lowest BCUT2D eigenvalue weighted by Crippen LogP contribution is -2.27. The highest BCUT2D eigenvalue weighted by molar-refractivity contribution is 9.10. The molecule has 0 bridgehead atoms. The molecule has 3 rings (SSSR count). The van der Waals surface area contributed by atoms with Crippen LogP contribution < -0.4 is 0 Å². The number of aryl methyl sites for hydroxylation is 1. The number of nitrogens with zero attached hydrogens (tertiary/aromatic N) is 1. The minimum absolute atomic E-state index is 0.210. The zero-order valence-corrected chi connectivity index (χ0v) is 15.3. The Morgan fingerprint density at radius 3 is 2.79 bits per heavy atom. The van der Waals surface area contributed by atoms with E-state index < -0.39 is 0 Å². The molecule has 24 heavy (non-hydrogen) atoms. The number of benzene rings is 1. The Hall–Kier alpha value is -2.05. The molecule has 1 aliphatic rings. The van der Waals surface area contributed by atoms with E-state index in [1.165, 1.54) is 6.08 Å². The SMILES string of the molecule is C=CCN1C(=O)S/C(=C/c2ccc(-c3ccc(C)cc3Br)o2)C1=O. The molecule has 4 nitrogen and oxygen atoms in total.